The van der Waals surface area contributed by atoms with Crippen molar-refractivity contribution in [3.05, 3.63) is 13.3 Å². The molecule has 0 saturated heterocycles. The molecule has 0 aliphatic carbocycles. The SMILES string of the molecule is [C-]#CC#CC#CC#CC#CC#CC#CC#CC#CC#CC#CC#C[CH2-]. The molecule has 25 heavy (non-hydrogen) atoms. The first-order valence-corrected chi connectivity index (χ1v) is 6.10. The molecule has 0 N–H and O–H groups in total. The molecule has 0 aromatic heterocycles. The lowest BCUT2D eigenvalue weighted by molar-refractivity contribution is 2.31. The highest BCUT2D eigenvalue weighted by Crippen LogP contribution is 1.59. The third kappa shape index (κ3) is 18.6. The molecule has 104 valence electrons. The standard InChI is InChI=1S/C25H2/c1-3-5-7-9-11-13-15-17-19-21-23-25-24-22-20-18-16-14-12-10-8-6-4-2/h1H2/q-2. The van der Waals surface area contributed by atoms with Gasteiger partial charge >= 0.3 is 0 Å². The van der Waals surface area contributed by atoms with E-state index in [0.29, 0.717) is 0 Å². The van der Waals surface area contributed by atoms with Crippen molar-refractivity contribution in [2.24, 2.45) is 0 Å². The Morgan fingerprint density at radius 1 is 0.320 bits per heavy atom. The summed E-state index contributed by atoms with van der Waals surface area (Å²) in [5.41, 5.74) is 0. The van der Waals surface area contributed by atoms with Crippen LogP contribution in [0.1, 0.15) is 0 Å². The number of hydrogen-bond donors (Lipinski definition) is 0. The minimum atomic E-state index is 1.87. The lowest BCUT2D eigenvalue weighted by atomic mass is 10.4. The van der Waals surface area contributed by atoms with E-state index in [1.54, 1.807) is 0 Å². The average Bonchev–Trinajstić information content (AvgIpc) is 2.63. The van der Waals surface area contributed by atoms with E-state index in [1.165, 1.54) is 0 Å². The van der Waals surface area contributed by atoms with Gasteiger partial charge in [0.2, 0.25) is 0 Å². The van der Waals surface area contributed by atoms with E-state index in [4.69, 9.17) is 6.42 Å². The molecule has 0 aromatic rings. The highest BCUT2D eigenvalue weighted by Gasteiger charge is 1.58. The molecule has 0 nitrogen and oxygen atoms in total. The van der Waals surface area contributed by atoms with Crippen LogP contribution in [-0.4, -0.2) is 0 Å². The van der Waals surface area contributed by atoms with Crippen LogP contribution in [0.5, 0.6) is 0 Å². The van der Waals surface area contributed by atoms with Crippen LogP contribution in [0.4, 0.5) is 0 Å². The zero-order valence-corrected chi connectivity index (χ0v) is 12.7. The van der Waals surface area contributed by atoms with Crippen LogP contribution < -0.4 is 0 Å². The molecule has 0 bridgehead atoms. The van der Waals surface area contributed by atoms with Gasteiger partial charge in [0.05, 0.1) is 0 Å². The Hall–Kier alpha value is -5.41. The van der Waals surface area contributed by atoms with E-state index in [-0.39, 0.29) is 0 Å². The molecule has 0 amide bonds. The predicted molar refractivity (Wildman–Crippen MR) is 98.0 cm³/mol. The highest BCUT2D eigenvalue weighted by atomic mass is 13.6. The molecule has 0 fully saturated rings. The van der Waals surface area contributed by atoms with Gasteiger partial charge in [0.25, 0.3) is 0 Å². The topological polar surface area (TPSA) is 0 Å². The van der Waals surface area contributed by atoms with E-state index < -0.39 is 0 Å². The van der Waals surface area contributed by atoms with Gasteiger partial charge in [0.1, 0.15) is 0 Å². The van der Waals surface area contributed by atoms with Crippen molar-refractivity contribution in [3.8, 4) is 136 Å². The minimum Gasteiger partial charge on any atom is -0.358 e. The van der Waals surface area contributed by atoms with Gasteiger partial charge < -0.3 is 6.42 Å². The zero-order valence-electron chi connectivity index (χ0n) is 12.7. The smallest absolute Gasteiger partial charge is 0 e. The second-order valence-electron chi connectivity index (χ2n) is 2.93. The summed E-state index contributed by atoms with van der Waals surface area (Å²) in [5, 5.41) is 0. The molecule has 0 heteroatoms. The molecule has 0 aliphatic rings. The average molecular weight is 302 g/mol. The van der Waals surface area contributed by atoms with Crippen molar-refractivity contribution >= 4 is 0 Å². The summed E-state index contributed by atoms with van der Waals surface area (Å²) in [6.07, 6.45) is 6.51. The Morgan fingerprint density at radius 2 is 0.520 bits per heavy atom. The van der Waals surface area contributed by atoms with Crippen LogP contribution in [0.3, 0.4) is 0 Å². The van der Waals surface area contributed by atoms with E-state index in [1.807, 2.05) is 5.92 Å². The van der Waals surface area contributed by atoms with Gasteiger partial charge in [0.15, 0.2) is 0 Å². The number of hydrogen-bond acceptors (Lipinski definition) is 0. The van der Waals surface area contributed by atoms with E-state index in [0.717, 1.165) is 0 Å². The van der Waals surface area contributed by atoms with Gasteiger partial charge in [-0.3, -0.25) is 11.8 Å². The molecule has 0 aromatic carbocycles. The Kier molecular flexibility index (Phi) is 14.6. The Balaban J connectivity index is 4.41. The third-order valence-electron chi connectivity index (χ3n) is 1.40. The Bertz CT molecular complexity index is 1240. The van der Waals surface area contributed by atoms with Crippen LogP contribution in [0, 0.1) is 150 Å². The molecule has 0 heterocycles. The van der Waals surface area contributed by atoms with Crippen molar-refractivity contribution < 1.29 is 0 Å². The highest BCUT2D eigenvalue weighted by molar-refractivity contribution is 5.47. The Morgan fingerprint density at radius 3 is 0.720 bits per heavy atom. The normalized spacial score (nSPS) is 3.80. The van der Waals surface area contributed by atoms with Crippen molar-refractivity contribution in [1.29, 1.82) is 0 Å². The number of rotatable bonds is 0. The van der Waals surface area contributed by atoms with Crippen molar-refractivity contribution in [2.45, 2.75) is 0 Å². The van der Waals surface area contributed by atoms with Crippen LogP contribution in [-0.2, 0) is 0 Å². The maximum Gasteiger partial charge on any atom is 0 e. The summed E-state index contributed by atoms with van der Waals surface area (Å²) in [6.45, 7) is 3.30. The quantitative estimate of drug-likeness (QED) is 0.450. The van der Waals surface area contributed by atoms with Crippen molar-refractivity contribution in [3.63, 3.8) is 0 Å². The molecule has 0 unspecified atom stereocenters. The summed E-state index contributed by atoms with van der Waals surface area (Å²) < 4.78 is 0. The molecule has 0 atom stereocenters. The van der Waals surface area contributed by atoms with E-state index >= 15 is 0 Å². The van der Waals surface area contributed by atoms with Gasteiger partial charge in [-0.15, -0.1) is 11.8 Å². The maximum absolute atomic E-state index is 6.51. The summed E-state index contributed by atoms with van der Waals surface area (Å²) in [6, 6.07) is 0. The summed E-state index contributed by atoms with van der Waals surface area (Å²) >= 11 is 0. The first-order chi connectivity index (χ1) is 12.4. The van der Waals surface area contributed by atoms with E-state index in [9.17, 15) is 0 Å². The fraction of sp³-hybridized carbons (Fsp3) is 0. The second kappa shape index (κ2) is 18.6. The van der Waals surface area contributed by atoms with Gasteiger partial charge in [-0.25, -0.2) is 11.8 Å². The maximum atomic E-state index is 6.51. The van der Waals surface area contributed by atoms with Crippen LogP contribution in [0.2, 0.25) is 0 Å². The van der Waals surface area contributed by atoms with E-state index in [2.05, 4.69) is 137 Å². The third-order valence-corrected chi connectivity index (χ3v) is 1.40. The summed E-state index contributed by atoms with van der Waals surface area (Å²) in [5.74, 6) is 55.7. The molecule has 0 rings (SSSR count). The van der Waals surface area contributed by atoms with Crippen molar-refractivity contribution in [1.82, 2.24) is 0 Å². The molecule has 0 spiro atoms. The van der Waals surface area contributed by atoms with Gasteiger partial charge in [-0.1, -0.05) is 0 Å². The minimum absolute atomic E-state index is 1.87. The molecular formula is C25H2-2. The van der Waals surface area contributed by atoms with Crippen LogP contribution >= 0.6 is 0 Å². The lowest BCUT2D eigenvalue weighted by Crippen LogP contribution is -1.56. The van der Waals surface area contributed by atoms with Crippen molar-refractivity contribution in [2.75, 3.05) is 0 Å². The Labute approximate surface area is 149 Å². The van der Waals surface area contributed by atoms with Crippen LogP contribution in [0.15, 0.2) is 0 Å². The molecular weight excluding hydrogens is 300 g/mol. The fourth-order valence-electron chi connectivity index (χ4n) is 0.669. The summed E-state index contributed by atoms with van der Waals surface area (Å²) in [4.78, 5) is 0. The predicted octanol–water partition coefficient (Wildman–Crippen LogP) is 0.448. The second-order valence-corrected chi connectivity index (χ2v) is 2.93. The summed E-state index contributed by atoms with van der Waals surface area (Å²) in [7, 11) is 0. The zero-order chi connectivity index (χ0) is 18.3. The first kappa shape index (κ1) is 19.6. The van der Waals surface area contributed by atoms with Gasteiger partial charge in [-0.05, 0) is 94.7 Å². The fourth-order valence-corrected chi connectivity index (χ4v) is 0.669. The van der Waals surface area contributed by atoms with Gasteiger partial charge in [0, 0.05) is 5.92 Å². The first-order valence-electron chi connectivity index (χ1n) is 6.10. The molecule has 0 aliphatic heterocycles. The molecule has 0 radical (unpaired) electrons. The van der Waals surface area contributed by atoms with Crippen LogP contribution in [0.25, 0.3) is 0 Å². The largest absolute Gasteiger partial charge is 0.358 e. The lowest BCUT2D eigenvalue weighted by Gasteiger charge is -1.64. The van der Waals surface area contributed by atoms with Gasteiger partial charge in [-0.2, -0.15) is 6.92 Å². The molecule has 0 saturated carbocycles. The monoisotopic (exact) mass is 302 g/mol.